The standard InChI is InChI=1S/C22H22N4OS/c1-5-20-19(22(25-15-24-20)18-9-7-6-8-10-18)12-11-17-13-21(16(2)23-14-17)26-28(3,4)27/h6-10,13-15H,3,5H2,1-2,4H3,(H,26,27). The Kier molecular flexibility index (Phi) is 5.76. The first-order valence-electron chi connectivity index (χ1n) is 8.85. The summed E-state index contributed by atoms with van der Waals surface area (Å²) in [7, 11) is -2.40. The SMILES string of the molecule is C=S(C)(=O)Nc1cc(C#Cc2c(CC)ncnc2-c2ccccc2)cnc1C. The second kappa shape index (κ2) is 8.24. The first-order chi connectivity index (χ1) is 13.4. The third-order valence-electron chi connectivity index (χ3n) is 4.05. The number of hydrogen-bond donors (Lipinski definition) is 1. The van der Waals surface area contributed by atoms with Crippen LogP contribution in [0.4, 0.5) is 5.69 Å². The Morgan fingerprint density at radius 2 is 1.89 bits per heavy atom. The van der Waals surface area contributed by atoms with Gasteiger partial charge in [0.1, 0.15) is 6.33 Å². The van der Waals surface area contributed by atoms with Crippen molar-refractivity contribution in [3.63, 3.8) is 0 Å². The number of pyridine rings is 1. The Bertz CT molecular complexity index is 1160. The van der Waals surface area contributed by atoms with Crippen LogP contribution in [0.5, 0.6) is 0 Å². The summed E-state index contributed by atoms with van der Waals surface area (Å²) in [5.74, 6) is 10.0. The van der Waals surface area contributed by atoms with E-state index in [1.165, 1.54) is 0 Å². The zero-order chi connectivity index (χ0) is 20.1. The van der Waals surface area contributed by atoms with Crippen LogP contribution in [0.25, 0.3) is 11.3 Å². The molecule has 0 fully saturated rings. The molecule has 0 aliphatic heterocycles. The van der Waals surface area contributed by atoms with Crippen molar-refractivity contribution in [2.75, 3.05) is 11.0 Å². The van der Waals surface area contributed by atoms with E-state index >= 15 is 0 Å². The minimum absolute atomic E-state index is 0.664. The third-order valence-corrected chi connectivity index (χ3v) is 4.70. The largest absolute Gasteiger partial charge is 0.311 e. The first kappa shape index (κ1) is 19.6. The van der Waals surface area contributed by atoms with Gasteiger partial charge in [0.25, 0.3) is 0 Å². The molecule has 6 heteroatoms. The molecular weight excluding hydrogens is 368 g/mol. The van der Waals surface area contributed by atoms with E-state index in [2.05, 4.69) is 37.4 Å². The van der Waals surface area contributed by atoms with E-state index < -0.39 is 9.71 Å². The average molecular weight is 391 g/mol. The van der Waals surface area contributed by atoms with E-state index in [1.54, 1.807) is 18.8 Å². The smallest absolute Gasteiger partial charge is 0.116 e. The molecule has 0 aliphatic rings. The van der Waals surface area contributed by atoms with E-state index in [0.29, 0.717) is 11.3 Å². The van der Waals surface area contributed by atoms with Gasteiger partial charge in [0.15, 0.2) is 0 Å². The molecule has 2 heterocycles. The van der Waals surface area contributed by atoms with Crippen LogP contribution in [-0.2, 0) is 16.1 Å². The number of nitrogens with zero attached hydrogens (tertiary/aromatic N) is 3. The summed E-state index contributed by atoms with van der Waals surface area (Å²) >= 11 is 0. The fraction of sp³-hybridized carbons (Fsp3) is 0.182. The van der Waals surface area contributed by atoms with Gasteiger partial charge in [0, 0.05) is 33.3 Å². The van der Waals surface area contributed by atoms with E-state index in [-0.39, 0.29) is 0 Å². The molecular formula is C22H22N4OS. The van der Waals surface area contributed by atoms with Gasteiger partial charge in [0.05, 0.1) is 28.3 Å². The maximum atomic E-state index is 12.0. The van der Waals surface area contributed by atoms with E-state index in [4.69, 9.17) is 0 Å². The van der Waals surface area contributed by atoms with Gasteiger partial charge < -0.3 is 4.72 Å². The van der Waals surface area contributed by atoms with Crippen molar-refractivity contribution < 1.29 is 4.21 Å². The van der Waals surface area contributed by atoms with Crippen molar-refractivity contribution in [3.05, 3.63) is 71.4 Å². The highest BCUT2D eigenvalue weighted by Gasteiger charge is 2.10. The number of aromatic nitrogens is 3. The summed E-state index contributed by atoms with van der Waals surface area (Å²) in [5.41, 5.74) is 5.63. The van der Waals surface area contributed by atoms with E-state index in [1.807, 2.05) is 50.2 Å². The number of aryl methyl sites for hydroxylation is 2. The molecule has 0 amide bonds. The number of anilines is 1. The normalized spacial score (nSPS) is 12.5. The Morgan fingerprint density at radius 1 is 1.14 bits per heavy atom. The van der Waals surface area contributed by atoms with Gasteiger partial charge in [-0.25, -0.2) is 14.2 Å². The van der Waals surface area contributed by atoms with Crippen molar-refractivity contribution in [1.29, 1.82) is 0 Å². The average Bonchev–Trinajstić information content (AvgIpc) is 2.68. The summed E-state index contributed by atoms with van der Waals surface area (Å²) in [6.07, 6.45) is 5.58. The minimum Gasteiger partial charge on any atom is -0.311 e. The van der Waals surface area contributed by atoms with E-state index in [9.17, 15) is 4.21 Å². The number of nitrogens with one attached hydrogen (secondary N) is 1. The Labute approximate surface area is 166 Å². The quantitative estimate of drug-likeness (QED) is 0.547. The van der Waals surface area contributed by atoms with Gasteiger partial charge in [0.2, 0.25) is 0 Å². The number of rotatable bonds is 4. The summed E-state index contributed by atoms with van der Waals surface area (Å²) in [6, 6.07) is 11.8. The van der Waals surface area contributed by atoms with Gasteiger partial charge in [-0.3, -0.25) is 4.98 Å². The van der Waals surface area contributed by atoms with Crippen LogP contribution < -0.4 is 4.72 Å². The maximum absolute atomic E-state index is 12.0. The number of hydrogen-bond acceptors (Lipinski definition) is 4. The molecule has 28 heavy (non-hydrogen) atoms. The fourth-order valence-electron chi connectivity index (χ4n) is 2.71. The van der Waals surface area contributed by atoms with E-state index in [0.717, 1.165) is 34.6 Å². The second-order valence-corrected chi connectivity index (χ2v) is 8.69. The highest BCUT2D eigenvalue weighted by molar-refractivity contribution is 8.00. The predicted molar refractivity (Wildman–Crippen MR) is 117 cm³/mol. The molecule has 0 aliphatic carbocycles. The molecule has 5 nitrogen and oxygen atoms in total. The second-order valence-electron chi connectivity index (χ2n) is 6.48. The maximum Gasteiger partial charge on any atom is 0.116 e. The highest BCUT2D eigenvalue weighted by atomic mass is 32.2. The van der Waals surface area contributed by atoms with Crippen molar-refractivity contribution in [2.24, 2.45) is 0 Å². The molecule has 1 unspecified atom stereocenters. The summed E-state index contributed by atoms with van der Waals surface area (Å²) < 4.78 is 14.9. The lowest BCUT2D eigenvalue weighted by atomic mass is 10.0. The third kappa shape index (κ3) is 4.76. The van der Waals surface area contributed by atoms with Crippen LogP contribution in [0.2, 0.25) is 0 Å². The number of benzene rings is 1. The van der Waals surface area contributed by atoms with Gasteiger partial charge >= 0.3 is 0 Å². The molecule has 0 saturated heterocycles. The van der Waals surface area contributed by atoms with Crippen LogP contribution in [0.3, 0.4) is 0 Å². The molecule has 3 aromatic rings. The molecule has 1 aromatic carbocycles. The van der Waals surface area contributed by atoms with Crippen LogP contribution in [0.1, 0.15) is 29.4 Å². The van der Waals surface area contributed by atoms with Crippen LogP contribution in [0, 0.1) is 18.8 Å². The van der Waals surface area contributed by atoms with Crippen LogP contribution in [0.15, 0.2) is 48.9 Å². The zero-order valence-electron chi connectivity index (χ0n) is 16.2. The summed E-state index contributed by atoms with van der Waals surface area (Å²) in [5, 5.41) is 0. The van der Waals surface area contributed by atoms with Crippen molar-refractivity contribution in [2.45, 2.75) is 20.3 Å². The highest BCUT2D eigenvalue weighted by Crippen LogP contribution is 2.22. The molecule has 1 N–H and O–H groups in total. The molecule has 0 radical (unpaired) electrons. The summed E-state index contributed by atoms with van der Waals surface area (Å²) in [6.45, 7) is 3.89. The minimum atomic E-state index is -2.40. The Hall–Kier alpha value is -3.17. The fourth-order valence-corrected chi connectivity index (χ4v) is 3.38. The molecule has 3 rings (SSSR count). The van der Waals surface area contributed by atoms with Crippen molar-refractivity contribution >= 4 is 21.3 Å². The summed E-state index contributed by atoms with van der Waals surface area (Å²) in [4.78, 5) is 13.2. The molecule has 1 atom stereocenters. The lowest BCUT2D eigenvalue weighted by Gasteiger charge is -2.10. The molecule has 142 valence electrons. The van der Waals surface area contributed by atoms with Crippen LogP contribution >= 0.6 is 0 Å². The van der Waals surface area contributed by atoms with Gasteiger partial charge in [-0.1, -0.05) is 49.1 Å². The predicted octanol–water partition coefficient (Wildman–Crippen LogP) is 3.48. The Morgan fingerprint density at radius 3 is 2.57 bits per heavy atom. The Balaban J connectivity index is 2.07. The molecule has 0 saturated carbocycles. The molecule has 2 aromatic heterocycles. The first-order valence-corrected chi connectivity index (χ1v) is 11.0. The van der Waals surface area contributed by atoms with Crippen LogP contribution in [-0.4, -0.2) is 31.3 Å². The topological polar surface area (TPSA) is 67.8 Å². The molecule has 0 spiro atoms. The van der Waals surface area contributed by atoms with Gasteiger partial charge in [-0.05, 0) is 25.3 Å². The van der Waals surface area contributed by atoms with Crippen molar-refractivity contribution in [1.82, 2.24) is 15.0 Å². The monoisotopic (exact) mass is 390 g/mol. The lowest BCUT2D eigenvalue weighted by Crippen LogP contribution is -2.11. The van der Waals surface area contributed by atoms with Crippen molar-refractivity contribution in [3.8, 4) is 23.1 Å². The zero-order valence-corrected chi connectivity index (χ0v) is 17.0. The van der Waals surface area contributed by atoms with Gasteiger partial charge in [-0.2, -0.15) is 0 Å². The lowest BCUT2D eigenvalue weighted by molar-refractivity contribution is 0.688. The molecule has 0 bridgehead atoms. The van der Waals surface area contributed by atoms with Gasteiger partial charge in [-0.15, -0.1) is 0 Å².